The molecule has 1 aromatic carbocycles. The van der Waals surface area contributed by atoms with Gasteiger partial charge in [-0.1, -0.05) is 24.3 Å². The molecule has 8 nitrogen and oxygen atoms in total. The third-order valence-corrected chi connectivity index (χ3v) is 5.73. The molecule has 31 heavy (non-hydrogen) atoms. The number of fused-ring (bicyclic) bond motifs is 1. The first-order valence-corrected chi connectivity index (χ1v) is 10.6. The highest BCUT2D eigenvalue weighted by Gasteiger charge is 2.41. The van der Waals surface area contributed by atoms with Gasteiger partial charge in [-0.3, -0.25) is 9.59 Å². The van der Waals surface area contributed by atoms with Crippen LogP contribution >= 0.6 is 0 Å². The van der Waals surface area contributed by atoms with Crippen molar-refractivity contribution in [1.29, 1.82) is 0 Å². The van der Waals surface area contributed by atoms with Crippen molar-refractivity contribution < 1.29 is 14.3 Å². The van der Waals surface area contributed by atoms with Crippen LogP contribution in [0.2, 0.25) is 0 Å². The van der Waals surface area contributed by atoms with E-state index in [1.165, 1.54) is 0 Å². The molecule has 1 fully saturated rings. The fraction of sp³-hybridized carbons (Fsp3) is 0.391. The highest BCUT2D eigenvalue weighted by molar-refractivity contribution is 5.97. The summed E-state index contributed by atoms with van der Waals surface area (Å²) in [4.78, 5) is 36.6. The molecule has 0 saturated carbocycles. The number of benzene rings is 1. The third-order valence-electron chi connectivity index (χ3n) is 5.73. The number of carbonyl (C=O) groups excluding carboxylic acids is 2. The summed E-state index contributed by atoms with van der Waals surface area (Å²) in [5.74, 6) is 0.964. The molecule has 2 aromatic rings. The lowest BCUT2D eigenvalue weighted by molar-refractivity contribution is -0.131. The summed E-state index contributed by atoms with van der Waals surface area (Å²) < 4.78 is 5.82. The van der Waals surface area contributed by atoms with Crippen LogP contribution in [0.5, 0.6) is 5.75 Å². The van der Waals surface area contributed by atoms with E-state index >= 15 is 0 Å². The second-order valence-corrected chi connectivity index (χ2v) is 7.85. The highest BCUT2D eigenvalue weighted by Crippen LogP contribution is 2.35. The molecule has 1 unspecified atom stereocenters. The van der Waals surface area contributed by atoms with E-state index < -0.39 is 5.41 Å². The minimum atomic E-state index is -0.583. The zero-order chi connectivity index (χ0) is 21.5. The number of anilines is 1. The van der Waals surface area contributed by atoms with Crippen LogP contribution in [-0.4, -0.2) is 54.6 Å². The predicted octanol–water partition coefficient (Wildman–Crippen LogP) is 1.95. The van der Waals surface area contributed by atoms with Gasteiger partial charge in [0, 0.05) is 38.6 Å². The lowest BCUT2D eigenvalue weighted by Gasteiger charge is -2.41. The molecule has 3 heterocycles. The SMILES string of the molecule is O=C1NCCNC(=O)C2(C/C=C/COc3ccccc31)CCCN(c1ncccn1)C2. The second kappa shape index (κ2) is 9.59. The molecule has 2 aliphatic heterocycles. The predicted molar refractivity (Wildman–Crippen MR) is 117 cm³/mol. The number of nitrogens with one attached hydrogen (secondary N) is 2. The summed E-state index contributed by atoms with van der Waals surface area (Å²) in [6, 6.07) is 8.95. The van der Waals surface area contributed by atoms with Crippen molar-refractivity contribution in [3.63, 3.8) is 0 Å². The maximum Gasteiger partial charge on any atom is 0.255 e. The number of amides is 2. The van der Waals surface area contributed by atoms with Crippen molar-refractivity contribution in [2.24, 2.45) is 5.41 Å². The van der Waals surface area contributed by atoms with E-state index in [1.807, 2.05) is 18.2 Å². The smallest absolute Gasteiger partial charge is 0.255 e. The molecule has 0 radical (unpaired) electrons. The van der Waals surface area contributed by atoms with E-state index in [0.717, 1.165) is 19.4 Å². The maximum absolute atomic E-state index is 13.3. The number of piperidine rings is 1. The number of hydrogen-bond donors (Lipinski definition) is 2. The van der Waals surface area contributed by atoms with Gasteiger partial charge >= 0.3 is 0 Å². The minimum absolute atomic E-state index is 0.00888. The molecule has 0 bridgehead atoms. The number of para-hydroxylation sites is 1. The molecule has 2 aliphatic rings. The van der Waals surface area contributed by atoms with Crippen LogP contribution in [0.3, 0.4) is 0 Å². The van der Waals surface area contributed by atoms with Crippen molar-refractivity contribution in [1.82, 2.24) is 20.6 Å². The van der Waals surface area contributed by atoms with Crippen molar-refractivity contribution >= 4 is 17.8 Å². The lowest BCUT2D eigenvalue weighted by atomic mass is 9.76. The lowest BCUT2D eigenvalue weighted by Crippen LogP contribution is -2.53. The second-order valence-electron chi connectivity index (χ2n) is 7.85. The molecule has 1 atom stereocenters. The number of hydrogen-bond acceptors (Lipinski definition) is 6. The van der Waals surface area contributed by atoms with Crippen LogP contribution in [0.4, 0.5) is 5.95 Å². The Morgan fingerprint density at radius 2 is 1.81 bits per heavy atom. The van der Waals surface area contributed by atoms with Gasteiger partial charge in [-0.25, -0.2) is 9.97 Å². The fourth-order valence-corrected chi connectivity index (χ4v) is 4.13. The Morgan fingerprint density at radius 1 is 1.00 bits per heavy atom. The quantitative estimate of drug-likeness (QED) is 0.684. The third kappa shape index (κ3) is 4.84. The Kier molecular flexibility index (Phi) is 6.45. The Balaban J connectivity index is 1.54. The maximum atomic E-state index is 13.3. The summed E-state index contributed by atoms with van der Waals surface area (Å²) in [7, 11) is 0. The molecular formula is C23H27N5O3. The number of allylic oxidation sites excluding steroid dienone is 1. The molecule has 4 rings (SSSR count). The Labute approximate surface area is 181 Å². The van der Waals surface area contributed by atoms with Gasteiger partial charge < -0.3 is 20.3 Å². The molecule has 1 spiro atoms. The molecule has 1 saturated heterocycles. The van der Waals surface area contributed by atoms with E-state index in [9.17, 15) is 9.59 Å². The molecular weight excluding hydrogens is 394 g/mol. The van der Waals surface area contributed by atoms with Crippen LogP contribution in [0, 0.1) is 5.41 Å². The van der Waals surface area contributed by atoms with E-state index in [-0.39, 0.29) is 11.8 Å². The summed E-state index contributed by atoms with van der Waals surface area (Å²) in [6.07, 6.45) is 9.60. The normalized spacial score (nSPS) is 23.7. The van der Waals surface area contributed by atoms with Crippen molar-refractivity contribution in [3.05, 3.63) is 60.4 Å². The number of ether oxygens (including phenoxy) is 1. The molecule has 162 valence electrons. The number of rotatable bonds is 1. The van der Waals surface area contributed by atoms with Crippen molar-refractivity contribution in [2.45, 2.75) is 19.3 Å². The van der Waals surface area contributed by atoms with E-state index in [4.69, 9.17) is 4.74 Å². The first kappa shape index (κ1) is 20.8. The topological polar surface area (TPSA) is 96.5 Å². The van der Waals surface area contributed by atoms with Gasteiger partial charge in [0.05, 0.1) is 11.0 Å². The van der Waals surface area contributed by atoms with Crippen LogP contribution in [0.25, 0.3) is 0 Å². The van der Waals surface area contributed by atoms with Crippen LogP contribution < -0.4 is 20.3 Å². The summed E-state index contributed by atoms with van der Waals surface area (Å²) in [5.41, 5.74) is -0.0958. The summed E-state index contributed by atoms with van der Waals surface area (Å²) >= 11 is 0. The Morgan fingerprint density at radius 3 is 2.68 bits per heavy atom. The van der Waals surface area contributed by atoms with E-state index in [2.05, 4.69) is 25.5 Å². The van der Waals surface area contributed by atoms with Crippen LogP contribution in [0.1, 0.15) is 29.6 Å². The molecule has 2 N–H and O–H groups in total. The Bertz CT molecular complexity index is 949. The van der Waals surface area contributed by atoms with Gasteiger partial charge in [0.1, 0.15) is 12.4 Å². The number of aromatic nitrogens is 2. The van der Waals surface area contributed by atoms with E-state index in [0.29, 0.717) is 49.9 Å². The highest BCUT2D eigenvalue weighted by atomic mass is 16.5. The number of nitrogens with zero attached hydrogens (tertiary/aromatic N) is 3. The zero-order valence-electron chi connectivity index (χ0n) is 17.4. The zero-order valence-corrected chi connectivity index (χ0v) is 17.4. The molecule has 2 amide bonds. The van der Waals surface area contributed by atoms with Gasteiger partial charge in [0.2, 0.25) is 11.9 Å². The summed E-state index contributed by atoms with van der Waals surface area (Å²) in [5, 5.41) is 5.88. The first-order chi connectivity index (χ1) is 15.2. The van der Waals surface area contributed by atoms with Gasteiger partial charge in [-0.15, -0.1) is 0 Å². The van der Waals surface area contributed by atoms with Crippen molar-refractivity contribution in [3.8, 4) is 5.75 Å². The largest absolute Gasteiger partial charge is 0.489 e. The van der Waals surface area contributed by atoms with Crippen molar-refractivity contribution in [2.75, 3.05) is 37.7 Å². The standard InChI is InChI=1S/C23H27N5O3/c29-20-18-7-1-2-8-19(18)31-16-4-3-9-23(21(30)25-14-13-24-20)10-5-15-28(17-23)22-26-11-6-12-27-22/h1-4,6-8,11-12H,5,9-10,13-17H2,(H,24,29)(H,25,30)/b4-3+. The monoisotopic (exact) mass is 421 g/mol. The fourth-order valence-electron chi connectivity index (χ4n) is 4.13. The average molecular weight is 422 g/mol. The van der Waals surface area contributed by atoms with Crippen LogP contribution in [0.15, 0.2) is 54.9 Å². The minimum Gasteiger partial charge on any atom is -0.489 e. The molecule has 8 heteroatoms. The molecule has 0 aliphatic carbocycles. The van der Waals surface area contributed by atoms with Gasteiger partial charge in [-0.05, 0) is 37.5 Å². The average Bonchev–Trinajstić information content (AvgIpc) is 2.82. The molecule has 1 aromatic heterocycles. The first-order valence-electron chi connectivity index (χ1n) is 10.6. The van der Waals surface area contributed by atoms with Gasteiger partial charge in [0.15, 0.2) is 0 Å². The van der Waals surface area contributed by atoms with E-state index in [1.54, 1.807) is 36.7 Å². The van der Waals surface area contributed by atoms with Gasteiger partial charge in [-0.2, -0.15) is 0 Å². The van der Waals surface area contributed by atoms with Gasteiger partial charge in [0.25, 0.3) is 5.91 Å². The Hall–Kier alpha value is -3.42. The number of carbonyl (C=O) groups is 2. The summed E-state index contributed by atoms with van der Waals surface area (Å²) in [6.45, 7) is 2.40. The van der Waals surface area contributed by atoms with Crippen LogP contribution in [-0.2, 0) is 4.79 Å².